The van der Waals surface area contributed by atoms with E-state index in [1.165, 1.54) is 32.1 Å². The number of carboxylic acid groups (broad SMARTS) is 1. The van der Waals surface area contributed by atoms with Crippen molar-refractivity contribution in [1.82, 2.24) is 0 Å². The van der Waals surface area contributed by atoms with Gasteiger partial charge in [0.2, 0.25) is 0 Å². The van der Waals surface area contributed by atoms with E-state index in [2.05, 4.69) is 6.92 Å². The Morgan fingerprint density at radius 3 is 1.94 bits per heavy atom. The van der Waals surface area contributed by atoms with Crippen molar-refractivity contribution in [1.29, 1.82) is 0 Å². The van der Waals surface area contributed by atoms with Crippen molar-refractivity contribution in [2.24, 2.45) is 11.3 Å². The van der Waals surface area contributed by atoms with Crippen LogP contribution in [0.5, 0.6) is 0 Å². The van der Waals surface area contributed by atoms with Gasteiger partial charge in [-0.1, -0.05) is 66.2 Å². The van der Waals surface area contributed by atoms with Crippen LogP contribution in [-0.2, 0) is 4.79 Å². The number of unbranched alkanes of at least 4 members (excludes halogenated alkanes) is 5. The molecule has 0 amide bonds. The molecule has 0 aliphatic rings. The number of rotatable bonds is 8. The Labute approximate surface area is 139 Å². The van der Waals surface area contributed by atoms with Crippen molar-refractivity contribution < 1.29 is 50.7 Å². The second kappa shape index (κ2) is 10.7. The van der Waals surface area contributed by atoms with Crippen LogP contribution in [-0.4, -0.2) is 11.1 Å². The molecule has 0 fully saturated rings. The molecular weight excluding hydrogens is 344 g/mol. The summed E-state index contributed by atoms with van der Waals surface area (Å²) < 4.78 is 0. The van der Waals surface area contributed by atoms with Crippen molar-refractivity contribution in [2.45, 2.75) is 72.6 Å². The van der Waals surface area contributed by atoms with Crippen LogP contribution in [0.3, 0.4) is 0 Å². The first-order chi connectivity index (χ1) is 7.39. The van der Waals surface area contributed by atoms with Gasteiger partial charge < -0.3 is 5.11 Å². The van der Waals surface area contributed by atoms with Gasteiger partial charge in [-0.05, 0) is 11.8 Å². The fourth-order valence-electron chi connectivity index (χ4n) is 2.06. The molecule has 0 rings (SSSR count). The van der Waals surface area contributed by atoms with Crippen LogP contribution in [0.15, 0.2) is 0 Å². The minimum atomic E-state index is -0.638. The van der Waals surface area contributed by atoms with Gasteiger partial charge in [0.1, 0.15) is 0 Å². The van der Waals surface area contributed by atoms with Crippen LogP contribution in [0.1, 0.15) is 72.6 Å². The Kier molecular flexibility index (Phi) is 12.7. The molecule has 100 valence electrons. The topological polar surface area (TPSA) is 37.3 Å². The molecule has 3 heteroatoms. The Hall–Kier alpha value is 0.821. The summed E-state index contributed by atoms with van der Waals surface area (Å²) in [6.45, 7) is 8.26. The maximum absolute atomic E-state index is 11.1. The van der Waals surface area contributed by atoms with E-state index in [1.54, 1.807) is 0 Å². The number of carboxylic acids is 1. The summed E-state index contributed by atoms with van der Waals surface area (Å²) in [5.41, 5.74) is -0.116. The molecule has 1 N–H and O–H groups in total. The first-order valence-corrected chi connectivity index (χ1v) is 6.62. The Morgan fingerprint density at radius 1 is 1.06 bits per heavy atom. The Bertz CT molecular complexity index is 197. The van der Waals surface area contributed by atoms with E-state index in [-0.39, 0.29) is 52.2 Å². The maximum Gasteiger partial charge on any atom is 0.307 e. The van der Waals surface area contributed by atoms with Gasteiger partial charge in [-0.15, -0.1) is 0 Å². The van der Waals surface area contributed by atoms with Gasteiger partial charge in [-0.25, -0.2) is 0 Å². The van der Waals surface area contributed by atoms with Crippen LogP contribution in [0, 0.1) is 52.2 Å². The third-order valence-electron chi connectivity index (χ3n) is 3.19. The molecular formula is C14H28NdO2. The second-order valence-electron chi connectivity index (χ2n) is 5.81. The largest absolute Gasteiger partial charge is 0.481 e. The SMILES string of the molecule is CCCCCCCCC(C(=O)O)C(C)(C)C.[Nd]. The zero-order valence-corrected chi connectivity index (χ0v) is 15.1. The van der Waals surface area contributed by atoms with Gasteiger partial charge in [0.05, 0.1) is 5.92 Å². The first-order valence-electron chi connectivity index (χ1n) is 6.62. The molecule has 0 heterocycles. The average Bonchev–Trinajstić information content (AvgIpc) is 2.13. The van der Waals surface area contributed by atoms with Gasteiger partial charge >= 0.3 is 5.97 Å². The molecule has 17 heavy (non-hydrogen) atoms. The van der Waals surface area contributed by atoms with Crippen LogP contribution in [0.2, 0.25) is 0 Å². The minimum absolute atomic E-state index is 0. The van der Waals surface area contributed by atoms with Gasteiger partial charge in [0.25, 0.3) is 0 Å². The third-order valence-corrected chi connectivity index (χ3v) is 3.19. The van der Waals surface area contributed by atoms with E-state index in [4.69, 9.17) is 5.11 Å². The molecule has 1 atom stereocenters. The maximum atomic E-state index is 11.1. The number of carbonyl (C=O) groups is 1. The number of hydrogen-bond acceptors (Lipinski definition) is 1. The van der Waals surface area contributed by atoms with E-state index < -0.39 is 5.97 Å². The van der Waals surface area contributed by atoms with Gasteiger partial charge in [0.15, 0.2) is 0 Å². The van der Waals surface area contributed by atoms with Crippen molar-refractivity contribution in [3.8, 4) is 0 Å². The van der Waals surface area contributed by atoms with E-state index in [0.29, 0.717) is 0 Å². The van der Waals surface area contributed by atoms with E-state index >= 15 is 0 Å². The zero-order chi connectivity index (χ0) is 12.6. The summed E-state index contributed by atoms with van der Waals surface area (Å²) in [4.78, 5) is 11.1. The molecule has 2 nitrogen and oxygen atoms in total. The molecule has 0 aliphatic carbocycles. The smallest absolute Gasteiger partial charge is 0.307 e. The van der Waals surface area contributed by atoms with Gasteiger partial charge in [0, 0.05) is 40.8 Å². The van der Waals surface area contributed by atoms with Crippen LogP contribution in [0.25, 0.3) is 0 Å². The third kappa shape index (κ3) is 10.4. The predicted octanol–water partition coefficient (Wildman–Crippen LogP) is 4.48. The standard InChI is InChI=1S/C14H28O2.Nd/c1-5-6-7-8-9-10-11-12(13(15)16)14(2,3)4;/h12H,5-11H2,1-4H3,(H,15,16);. The van der Waals surface area contributed by atoms with Crippen molar-refractivity contribution >= 4 is 5.97 Å². The average molecular weight is 373 g/mol. The van der Waals surface area contributed by atoms with E-state index in [9.17, 15) is 4.79 Å². The molecule has 0 radical (unpaired) electrons. The second-order valence-corrected chi connectivity index (χ2v) is 5.81. The van der Waals surface area contributed by atoms with Crippen molar-refractivity contribution in [3.05, 3.63) is 0 Å². The summed E-state index contributed by atoms with van der Waals surface area (Å²) in [6, 6.07) is 0. The van der Waals surface area contributed by atoms with Crippen molar-refractivity contribution in [3.63, 3.8) is 0 Å². The Balaban J connectivity index is 0. The molecule has 0 aromatic carbocycles. The summed E-state index contributed by atoms with van der Waals surface area (Å²) in [6.07, 6.45) is 8.18. The first kappa shape index (κ1) is 20.1. The molecule has 0 spiro atoms. The molecule has 0 saturated heterocycles. The summed E-state index contributed by atoms with van der Waals surface area (Å²) in [5.74, 6) is -0.834. The van der Waals surface area contributed by atoms with Gasteiger partial charge in [-0.2, -0.15) is 0 Å². The van der Waals surface area contributed by atoms with Crippen LogP contribution < -0.4 is 0 Å². The molecule has 0 aliphatic heterocycles. The number of hydrogen-bond donors (Lipinski definition) is 1. The quantitative estimate of drug-likeness (QED) is 0.638. The zero-order valence-electron chi connectivity index (χ0n) is 11.9. The molecule has 0 bridgehead atoms. The fraction of sp³-hybridized carbons (Fsp3) is 0.929. The van der Waals surface area contributed by atoms with Gasteiger partial charge in [-0.3, -0.25) is 4.79 Å². The Morgan fingerprint density at radius 2 is 1.53 bits per heavy atom. The van der Waals surface area contributed by atoms with Crippen LogP contribution in [0.4, 0.5) is 0 Å². The predicted molar refractivity (Wildman–Crippen MR) is 68.6 cm³/mol. The molecule has 0 aromatic heterocycles. The normalized spacial score (nSPS) is 12.9. The fourth-order valence-corrected chi connectivity index (χ4v) is 2.06. The van der Waals surface area contributed by atoms with Crippen LogP contribution >= 0.6 is 0 Å². The van der Waals surface area contributed by atoms with E-state index in [1.807, 2.05) is 20.8 Å². The monoisotopic (exact) mass is 370 g/mol. The number of aliphatic carboxylic acids is 1. The molecule has 0 saturated carbocycles. The summed E-state index contributed by atoms with van der Waals surface area (Å²) in [5, 5.41) is 9.15. The summed E-state index contributed by atoms with van der Waals surface area (Å²) in [7, 11) is 0. The van der Waals surface area contributed by atoms with Crippen molar-refractivity contribution in [2.75, 3.05) is 0 Å². The summed E-state index contributed by atoms with van der Waals surface area (Å²) >= 11 is 0. The molecule has 0 aromatic rings. The molecule has 1 unspecified atom stereocenters. The van der Waals surface area contributed by atoms with E-state index in [0.717, 1.165) is 12.8 Å². The minimum Gasteiger partial charge on any atom is -0.481 e.